The molecule has 0 unspecified atom stereocenters. The first-order valence-corrected chi connectivity index (χ1v) is 9.15. The van der Waals surface area contributed by atoms with Gasteiger partial charge in [0, 0.05) is 37.3 Å². The Balaban J connectivity index is 1.56. The van der Waals surface area contributed by atoms with Gasteiger partial charge in [0.25, 0.3) is 0 Å². The summed E-state index contributed by atoms with van der Waals surface area (Å²) in [5.74, 6) is -1.11. The number of carboxylic acids is 1. The number of nitrogens with one attached hydrogen (secondary N) is 1. The van der Waals surface area contributed by atoms with Crippen molar-refractivity contribution in [2.45, 2.75) is 44.6 Å². The molecule has 2 heterocycles. The van der Waals surface area contributed by atoms with Gasteiger partial charge in [-0.1, -0.05) is 19.3 Å². The number of anilines is 1. The zero-order chi connectivity index (χ0) is 18.5. The van der Waals surface area contributed by atoms with Gasteiger partial charge in [0.1, 0.15) is 0 Å². The second-order valence-electron chi connectivity index (χ2n) is 7.02. The molecule has 1 saturated heterocycles. The molecule has 0 spiro atoms. The normalized spacial score (nSPS) is 21.3. The zero-order valence-corrected chi connectivity index (χ0v) is 14.7. The number of likely N-dealkylation sites (tertiary alicyclic amines) is 1. The first kappa shape index (κ1) is 18.4. The largest absolute Gasteiger partial charge is 0.478 e. The molecule has 2 fully saturated rings. The smallest absolute Gasteiger partial charge is 0.328 e. The fraction of sp³-hybridized carbons (Fsp3) is 0.526. The maximum absolute atomic E-state index is 14.2. The van der Waals surface area contributed by atoms with Crippen LogP contribution >= 0.6 is 0 Å². The van der Waals surface area contributed by atoms with Crippen molar-refractivity contribution in [1.29, 1.82) is 0 Å². The van der Waals surface area contributed by atoms with E-state index in [-0.39, 0.29) is 23.7 Å². The van der Waals surface area contributed by atoms with Crippen LogP contribution in [0.2, 0.25) is 0 Å². The summed E-state index contributed by atoms with van der Waals surface area (Å²) in [6.07, 6.45) is 9.86. The number of aromatic nitrogens is 1. The third-order valence-electron chi connectivity index (χ3n) is 5.08. The van der Waals surface area contributed by atoms with E-state index >= 15 is 0 Å². The molecule has 1 aromatic rings. The topological polar surface area (TPSA) is 82.5 Å². The van der Waals surface area contributed by atoms with Gasteiger partial charge in [-0.15, -0.1) is 0 Å². The minimum absolute atomic E-state index is 0.0232. The van der Waals surface area contributed by atoms with E-state index < -0.39 is 11.8 Å². The fourth-order valence-electron chi connectivity index (χ4n) is 3.70. The molecule has 26 heavy (non-hydrogen) atoms. The van der Waals surface area contributed by atoms with E-state index in [1.165, 1.54) is 24.8 Å². The van der Waals surface area contributed by atoms with Crippen LogP contribution in [0.25, 0.3) is 6.08 Å². The lowest BCUT2D eigenvalue weighted by molar-refractivity contribution is -0.135. The SMILES string of the molecule is O=C(O)C=Cc1cnc(N[C@@H]2CCN(C(=O)C3CCCCC3)C2)c(F)c1. The number of aliphatic carboxylic acids is 1. The number of amides is 1. The van der Waals surface area contributed by atoms with Crippen LogP contribution in [0.4, 0.5) is 10.2 Å². The Labute approximate surface area is 152 Å². The molecular weight excluding hydrogens is 337 g/mol. The Morgan fingerprint density at radius 2 is 2.04 bits per heavy atom. The van der Waals surface area contributed by atoms with Crippen LogP contribution in [0.1, 0.15) is 44.1 Å². The van der Waals surface area contributed by atoms with Crippen molar-refractivity contribution in [3.05, 3.63) is 29.7 Å². The van der Waals surface area contributed by atoms with Crippen molar-refractivity contribution < 1.29 is 19.1 Å². The van der Waals surface area contributed by atoms with Gasteiger partial charge in [-0.25, -0.2) is 14.2 Å². The minimum Gasteiger partial charge on any atom is -0.478 e. The number of nitrogens with zero attached hydrogens (tertiary/aromatic N) is 2. The third-order valence-corrected chi connectivity index (χ3v) is 5.08. The molecule has 2 N–H and O–H groups in total. The van der Waals surface area contributed by atoms with Gasteiger partial charge in [0.2, 0.25) is 5.91 Å². The quantitative estimate of drug-likeness (QED) is 0.788. The number of hydrogen-bond acceptors (Lipinski definition) is 4. The molecule has 1 aromatic heterocycles. The van der Waals surface area contributed by atoms with Gasteiger partial charge in [0.15, 0.2) is 11.6 Å². The highest BCUT2D eigenvalue weighted by molar-refractivity contribution is 5.85. The average molecular weight is 361 g/mol. The van der Waals surface area contributed by atoms with Crippen LogP contribution in [0.5, 0.6) is 0 Å². The molecule has 0 bridgehead atoms. The van der Waals surface area contributed by atoms with E-state index in [4.69, 9.17) is 5.11 Å². The Morgan fingerprint density at radius 1 is 1.27 bits per heavy atom. The number of halogens is 1. The summed E-state index contributed by atoms with van der Waals surface area (Å²) in [5.41, 5.74) is 0.385. The van der Waals surface area contributed by atoms with Crippen LogP contribution < -0.4 is 5.32 Å². The number of pyridine rings is 1. The molecule has 3 rings (SSSR count). The summed E-state index contributed by atoms with van der Waals surface area (Å²) >= 11 is 0. The highest BCUT2D eigenvalue weighted by atomic mass is 19.1. The molecule has 1 amide bonds. The summed E-state index contributed by atoms with van der Waals surface area (Å²) in [7, 11) is 0. The molecule has 7 heteroatoms. The molecule has 0 aromatic carbocycles. The fourth-order valence-corrected chi connectivity index (χ4v) is 3.70. The molecule has 1 aliphatic heterocycles. The van der Waals surface area contributed by atoms with Gasteiger partial charge in [-0.2, -0.15) is 0 Å². The molecule has 1 atom stereocenters. The standard InChI is InChI=1S/C19H24FN3O3/c20-16-10-13(6-7-17(24)25)11-21-18(16)22-15-8-9-23(12-15)19(26)14-4-2-1-3-5-14/h6-7,10-11,14-15H,1-5,8-9,12H2,(H,21,22)(H,24,25)/t15-/m1/s1. The molecule has 2 aliphatic rings. The van der Waals surface area contributed by atoms with E-state index in [9.17, 15) is 14.0 Å². The Morgan fingerprint density at radius 3 is 2.73 bits per heavy atom. The first-order chi connectivity index (χ1) is 12.5. The number of hydrogen-bond donors (Lipinski definition) is 2. The number of carbonyl (C=O) groups excluding carboxylic acids is 1. The predicted octanol–water partition coefficient (Wildman–Crippen LogP) is 2.91. The van der Waals surface area contributed by atoms with Crippen molar-refractivity contribution in [1.82, 2.24) is 9.88 Å². The molecule has 0 radical (unpaired) electrons. The number of rotatable bonds is 5. The van der Waals surface area contributed by atoms with Gasteiger partial charge < -0.3 is 15.3 Å². The van der Waals surface area contributed by atoms with Gasteiger partial charge in [0.05, 0.1) is 0 Å². The monoisotopic (exact) mass is 361 g/mol. The summed E-state index contributed by atoms with van der Waals surface area (Å²) < 4.78 is 14.2. The summed E-state index contributed by atoms with van der Waals surface area (Å²) in [6, 6.07) is 1.22. The lowest BCUT2D eigenvalue weighted by Crippen LogP contribution is -2.37. The van der Waals surface area contributed by atoms with Gasteiger partial charge in [-0.3, -0.25) is 4.79 Å². The zero-order valence-electron chi connectivity index (χ0n) is 14.7. The summed E-state index contributed by atoms with van der Waals surface area (Å²) in [5, 5.41) is 11.7. The Hall–Kier alpha value is -2.44. The van der Waals surface area contributed by atoms with Crippen molar-refractivity contribution in [2.75, 3.05) is 18.4 Å². The number of carbonyl (C=O) groups is 2. The van der Waals surface area contributed by atoms with E-state index in [2.05, 4.69) is 10.3 Å². The third kappa shape index (κ3) is 4.59. The van der Waals surface area contributed by atoms with Crippen molar-refractivity contribution in [3.8, 4) is 0 Å². The molecule has 1 aliphatic carbocycles. The minimum atomic E-state index is -1.10. The highest BCUT2D eigenvalue weighted by Gasteiger charge is 2.31. The van der Waals surface area contributed by atoms with Crippen LogP contribution in [0.15, 0.2) is 18.3 Å². The summed E-state index contributed by atoms with van der Waals surface area (Å²) in [6.45, 7) is 1.26. The van der Waals surface area contributed by atoms with E-state index in [1.807, 2.05) is 4.90 Å². The van der Waals surface area contributed by atoms with E-state index in [0.29, 0.717) is 18.7 Å². The second-order valence-corrected chi connectivity index (χ2v) is 7.02. The molecular formula is C19H24FN3O3. The van der Waals surface area contributed by atoms with Crippen molar-refractivity contribution in [2.24, 2.45) is 5.92 Å². The first-order valence-electron chi connectivity index (χ1n) is 9.15. The second kappa shape index (κ2) is 8.29. The van der Waals surface area contributed by atoms with Crippen LogP contribution in [-0.4, -0.2) is 46.0 Å². The average Bonchev–Trinajstić information content (AvgIpc) is 3.10. The van der Waals surface area contributed by atoms with Crippen molar-refractivity contribution >= 4 is 23.8 Å². The summed E-state index contributed by atoms with van der Waals surface area (Å²) in [4.78, 5) is 29.0. The lowest BCUT2D eigenvalue weighted by Gasteiger charge is -2.26. The lowest BCUT2D eigenvalue weighted by atomic mass is 9.88. The molecule has 1 saturated carbocycles. The number of carboxylic acid groups (broad SMARTS) is 1. The predicted molar refractivity (Wildman–Crippen MR) is 96.0 cm³/mol. The van der Waals surface area contributed by atoms with Crippen LogP contribution in [0, 0.1) is 11.7 Å². The van der Waals surface area contributed by atoms with Crippen molar-refractivity contribution in [3.63, 3.8) is 0 Å². The van der Waals surface area contributed by atoms with Gasteiger partial charge >= 0.3 is 5.97 Å². The Bertz CT molecular complexity index is 701. The van der Waals surface area contributed by atoms with Gasteiger partial charge in [-0.05, 0) is 37.0 Å². The maximum atomic E-state index is 14.2. The van der Waals surface area contributed by atoms with E-state index in [1.54, 1.807) is 0 Å². The maximum Gasteiger partial charge on any atom is 0.328 e. The highest BCUT2D eigenvalue weighted by Crippen LogP contribution is 2.27. The van der Waals surface area contributed by atoms with Crippen LogP contribution in [0.3, 0.4) is 0 Å². The molecule has 140 valence electrons. The Kier molecular flexibility index (Phi) is 5.85. The van der Waals surface area contributed by atoms with E-state index in [0.717, 1.165) is 38.2 Å². The molecule has 6 nitrogen and oxygen atoms in total. The van der Waals surface area contributed by atoms with Crippen LogP contribution in [-0.2, 0) is 9.59 Å².